The van der Waals surface area contributed by atoms with Gasteiger partial charge in [-0.3, -0.25) is 4.90 Å². The summed E-state index contributed by atoms with van der Waals surface area (Å²) in [7, 11) is 2.01. The van der Waals surface area contributed by atoms with Gasteiger partial charge in [0.25, 0.3) is 0 Å². The van der Waals surface area contributed by atoms with Crippen LogP contribution in [0.2, 0.25) is 0 Å². The molecule has 1 aromatic rings. The maximum absolute atomic E-state index is 5.29. The van der Waals surface area contributed by atoms with E-state index in [0.29, 0.717) is 0 Å². The predicted octanol–water partition coefficient (Wildman–Crippen LogP) is 1.60. The first kappa shape index (κ1) is 9.24. The number of hydrogen-bond donors (Lipinski definition) is 0. The largest absolute Gasteiger partial charge is 0.286 e. The summed E-state index contributed by atoms with van der Waals surface area (Å²) in [6.45, 7) is 2.84. The predicted molar refractivity (Wildman–Crippen MR) is 51.9 cm³/mol. The number of rotatable bonds is 3. The van der Waals surface area contributed by atoms with Crippen LogP contribution in [-0.2, 0) is 6.54 Å². The lowest BCUT2D eigenvalue weighted by Crippen LogP contribution is -2.26. The molecule has 1 unspecified atom stereocenters. The van der Waals surface area contributed by atoms with Gasteiger partial charge in [0.1, 0.15) is 5.01 Å². The molecular weight excluding hydrogens is 168 g/mol. The van der Waals surface area contributed by atoms with E-state index in [-0.39, 0.29) is 6.04 Å². The van der Waals surface area contributed by atoms with Crippen molar-refractivity contribution in [1.82, 2.24) is 9.88 Å². The van der Waals surface area contributed by atoms with E-state index in [9.17, 15) is 0 Å². The van der Waals surface area contributed by atoms with Gasteiger partial charge in [0.15, 0.2) is 0 Å². The molecule has 0 aromatic carbocycles. The topological polar surface area (TPSA) is 16.1 Å². The monoisotopic (exact) mass is 180 g/mol. The van der Waals surface area contributed by atoms with Crippen LogP contribution >= 0.6 is 11.3 Å². The third-order valence-corrected chi connectivity index (χ3v) is 2.53. The molecule has 0 aliphatic heterocycles. The molecule has 1 heterocycles. The van der Waals surface area contributed by atoms with Gasteiger partial charge < -0.3 is 0 Å². The van der Waals surface area contributed by atoms with Crippen molar-refractivity contribution in [3.63, 3.8) is 0 Å². The van der Waals surface area contributed by atoms with Crippen LogP contribution in [0, 0.1) is 12.3 Å². The minimum Gasteiger partial charge on any atom is -0.286 e. The molecular formula is C9H12N2S. The fourth-order valence-corrected chi connectivity index (χ4v) is 1.49. The van der Waals surface area contributed by atoms with Crippen molar-refractivity contribution < 1.29 is 0 Å². The highest BCUT2D eigenvalue weighted by atomic mass is 32.1. The Balaban J connectivity index is 2.48. The first-order valence-electron chi connectivity index (χ1n) is 3.78. The minimum atomic E-state index is 0.175. The fraction of sp³-hybridized carbons (Fsp3) is 0.444. The molecule has 0 saturated carbocycles. The first-order chi connectivity index (χ1) is 5.74. The number of thiazole rings is 1. The van der Waals surface area contributed by atoms with Gasteiger partial charge in [-0.05, 0) is 14.0 Å². The van der Waals surface area contributed by atoms with Crippen LogP contribution in [0.4, 0.5) is 0 Å². The van der Waals surface area contributed by atoms with Gasteiger partial charge >= 0.3 is 0 Å². The highest BCUT2D eigenvalue weighted by Crippen LogP contribution is 2.08. The molecule has 0 aliphatic rings. The van der Waals surface area contributed by atoms with Gasteiger partial charge in [-0.1, -0.05) is 5.92 Å². The number of nitrogens with zero attached hydrogens (tertiary/aromatic N) is 2. The summed E-state index contributed by atoms with van der Waals surface area (Å²) in [6.07, 6.45) is 7.11. The molecule has 0 saturated heterocycles. The number of aromatic nitrogens is 1. The summed E-state index contributed by atoms with van der Waals surface area (Å²) >= 11 is 1.66. The Morgan fingerprint density at radius 3 is 3.08 bits per heavy atom. The molecule has 0 N–H and O–H groups in total. The quantitative estimate of drug-likeness (QED) is 0.657. The van der Waals surface area contributed by atoms with E-state index < -0.39 is 0 Å². The van der Waals surface area contributed by atoms with Crippen LogP contribution in [0.15, 0.2) is 11.6 Å². The van der Waals surface area contributed by atoms with Crippen molar-refractivity contribution in [2.24, 2.45) is 0 Å². The Labute approximate surface area is 77.2 Å². The SMILES string of the molecule is C#CC(C)N(C)Cc1nccs1. The fourth-order valence-electron chi connectivity index (χ4n) is 0.809. The molecule has 0 bridgehead atoms. The van der Waals surface area contributed by atoms with Crippen molar-refractivity contribution in [2.75, 3.05) is 7.05 Å². The van der Waals surface area contributed by atoms with Crippen molar-refractivity contribution in [3.05, 3.63) is 16.6 Å². The maximum atomic E-state index is 5.29. The van der Waals surface area contributed by atoms with E-state index in [1.807, 2.05) is 25.5 Å². The van der Waals surface area contributed by atoms with Crippen molar-refractivity contribution in [2.45, 2.75) is 19.5 Å². The second-order valence-electron chi connectivity index (χ2n) is 2.68. The van der Waals surface area contributed by atoms with Gasteiger partial charge in [-0.25, -0.2) is 4.98 Å². The highest BCUT2D eigenvalue weighted by molar-refractivity contribution is 7.09. The summed E-state index contributed by atoms with van der Waals surface area (Å²) in [5.41, 5.74) is 0. The van der Waals surface area contributed by atoms with Crippen molar-refractivity contribution in [3.8, 4) is 12.3 Å². The standard InChI is InChI=1S/C9H12N2S/c1-4-8(2)11(3)7-9-10-5-6-12-9/h1,5-6,8H,7H2,2-3H3. The average Bonchev–Trinajstić information content (AvgIpc) is 2.55. The van der Waals surface area contributed by atoms with Crippen molar-refractivity contribution >= 4 is 11.3 Å². The zero-order chi connectivity index (χ0) is 8.97. The number of hydrogen-bond acceptors (Lipinski definition) is 3. The Bertz CT molecular complexity index is 261. The van der Waals surface area contributed by atoms with E-state index >= 15 is 0 Å². The molecule has 1 rings (SSSR count). The molecule has 12 heavy (non-hydrogen) atoms. The van der Waals surface area contributed by atoms with Crippen LogP contribution in [0.25, 0.3) is 0 Å². The van der Waals surface area contributed by atoms with Crippen LogP contribution in [-0.4, -0.2) is 23.0 Å². The normalized spacial score (nSPS) is 12.8. The van der Waals surface area contributed by atoms with Gasteiger partial charge in [0.2, 0.25) is 0 Å². The summed E-state index contributed by atoms with van der Waals surface area (Å²) in [5.74, 6) is 2.68. The highest BCUT2D eigenvalue weighted by Gasteiger charge is 2.06. The summed E-state index contributed by atoms with van der Waals surface area (Å²) in [5, 5.41) is 3.09. The average molecular weight is 180 g/mol. The summed E-state index contributed by atoms with van der Waals surface area (Å²) in [6, 6.07) is 0.175. The molecule has 1 aromatic heterocycles. The molecule has 0 aliphatic carbocycles. The van der Waals surface area contributed by atoms with E-state index in [1.165, 1.54) is 0 Å². The molecule has 1 atom stereocenters. The first-order valence-corrected chi connectivity index (χ1v) is 4.66. The smallest absolute Gasteiger partial charge is 0.107 e. The Morgan fingerprint density at radius 2 is 2.58 bits per heavy atom. The van der Waals surface area contributed by atoms with Gasteiger partial charge in [0, 0.05) is 11.6 Å². The summed E-state index contributed by atoms with van der Waals surface area (Å²) < 4.78 is 0. The molecule has 0 amide bonds. The third kappa shape index (κ3) is 2.33. The minimum absolute atomic E-state index is 0.175. The second-order valence-corrected chi connectivity index (χ2v) is 3.66. The maximum Gasteiger partial charge on any atom is 0.107 e. The lowest BCUT2D eigenvalue weighted by Gasteiger charge is -2.18. The van der Waals surface area contributed by atoms with Gasteiger partial charge in [0.05, 0.1) is 12.6 Å². The third-order valence-electron chi connectivity index (χ3n) is 1.77. The molecule has 64 valence electrons. The van der Waals surface area contributed by atoms with Crippen LogP contribution < -0.4 is 0 Å². The van der Waals surface area contributed by atoms with E-state index in [2.05, 4.69) is 15.8 Å². The number of terminal acetylenes is 1. The zero-order valence-electron chi connectivity index (χ0n) is 7.32. The van der Waals surface area contributed by atoms with E-state index in [0.717, 1.165) is 11.6 Å². The molecule has 3 heteroatoms. The van der Waals surface area contributed by atoms with Gasteiger partial charge in [-0.2, -0.15) is 0 Å². The molecule has 0 spiro atoms. The van der Waals surface area contributed by atoms with Crippen LogP contribution in [0.3, 0.4) is 0 Å². The van der Waals surface area contributed by atoms with Crippen LogP contribution in [0.5, 0.6) is 0 Å². The lowest BCUT2D eigenvalue weighted by atomic mass is 10.3. The molecule has 0 radical (unpaired) electrons. The van der Waals surface area contributed by atoms with E-state index in [4.69, 9.17) is 6.42 Å². The second kappa shape index (κ2) is 4.24. The molecule has 2 nitrogen and oxygen atoms in total. The van der Waals surface area contributed by atoms with Gasteiger partial charge in [-0.15, -0.1) is 17.8 Å². The Hall–Kier alpha value is -0.850. The zero-order valence-corrected chi connectivity index (χ0v) is 8.14. The Kier molecular flexibility index (Phi) is 3.27. The lowest BCUT2D eigenvalue weighted by molar-refractivity contribution is 0.296. The molecule has 0 fully saturated rings. The summed E-state index contributed by atoms with van der Waals surface area (Å²) in [4.78, 5) is 6.28. The van der Waals surface area contributed by atoms with E-state index in [1.54, 1.807) is 11.3 Å². The van der Waals surface area contributed by atoms with Crippen LogP contribution in [0.1, 0.15) is 11.9 Å². The van der Waals surface area contributed by atoms with Crippen molar-refractivity contribution in [1.29, 1.82) is 0 Å². The Morgan fingerprint density at radius 1 is 1.83 bits per heavy atom.